The zero-order chi connectivity index (χ0) is 28.9. The van der Waals surface area contributed by atoms with Crippen LogP contribution >= 0.6 is 0 Å². The molecule has 5 heterocycles. The summed E-state index contributed by atoms with van der Waals surface area (Å²) in [7, 11) is 2.05. The fourth-order valence-electron chi connectivity index (χ4n) is 5.85. The minimum Gasteiger partial charge on any atom is -0.488 e. The van der Waals surface area contributed by atoms with E-state index in [9.17, 15) is 4.79 Å². The van der Waals surface area contributed by atoms with Crippen LogP contribution in [0.5, 0.6) is 5.75 Å². The molecule has 0 N–H and O–H groups in total. The normalized spacial score (nSPS) is 15.6. The molecule has 2 aliphatic heterocycles. The molecule has 1 saturated heterocycles. The summed E-state index contributed by atoms with van der Waals surface area (Å²) in [6, 6.07) is 6.03. The van der Waals surface area contributed by atoms with Crippen LogP contribution in [0, 0.1) is 11.8 Å². The summed E-state index contributed by atoms with van der Waals surface area (Å²) < 4.78 is 8.13. The van der Waals surface area contributed by atoms with Crippen molar-refractivity contribution in [3.8, 4) is 17.0 Å². The van der Waals surface area contributed by atoms with Gasteiger partial charge in [-0.15, -0.1) is 0 Å². The maximum atomic E-state index is 13.8. The van der Waals surface area contributed by atoms with Crippen molar-refractivity contribution in [3.63, 3.8) is 0 Å². The van der Waals surface area contributed by atoms with E-state index in [1.165, 1.54) is 25.9 Å². The summed E-state index contributed by atoms with van der Waals surface area (Å²) in [6.45, 7) is 15.4. The first kappa shape index (κ1) is 29.4. The van der Waals surface area contributed by atoms with Gasteiger partial charge in [-0.05, 0) is 88.2 Å². The number of carbonyl (C=O) groups is 1. The first-order chi connectivity index (χ1) is 19.8. The summed E-state index contributed by atoms with van der Waals surface area (Å²) in [5.41, 5.74) is 4.61. The highest BCUT2D eigenvalue weighted by Gasteiger charge is 2.23. The second kappa shape index (κ2) is 13.2. The van der Waals surface area contributed by atoms with Gasteiger partial charge in [0.15, 0.2) is 11.6 Å². The van der Waals surface area contributed by atoms with Crippen LogP contribution in [0.1, 0.15) is 75.9 Å². The summed E-state index contributed by atoms with van der Waals surface area (Å²) in [5, 5.41) is 0. The quantitative estimate of drug-likeness (QED) is 0.280. The van der Waals surface area contributed by atoms with E-state index >= 15 is 0 Å². The Bertz CT molecular complexity index is 1310. The third kappa shape index (κ3) is 7.03. The predicted molar refractivity (Wildman–Crippen MR) is 166 cm³/mol. The zero-order valence-corrected chi connectivity index (χ0v) is 25.7. The number of fused-ring (bicyclic) bond motifs is 2. The maximum Gasteiger partial charge on any atom is 0.255 e. The molecule has 0 aromatic carbocycles. The van der Waals surface area contributed by atoms with Crippen LogP contribution in [0.15, 0.2) is 30.6 Å². The molecule has 8 nitrogen and oxygen atoms in total. The molecule has 8 heteroatoms. The van der Waals surface area contributed by atoms with Gasteiger partial charge in [0.2, 0.25) is 0 Å². The van der Waals surface area contributed by atoms with Crippen molar-refractivity contribution in [2.45, 2.75) is 66.2 Å². The Morgan fingerprint density at radius 1 is 1.05 bits per heavy atom. The molecule has 0 radical (unpaired) electrons. The first-order valence-corrected chi connectivity index (χ1v) is 15.7. The fourth-order valence-corrected chi connectivity index (χ4v) is 5.85. The molecular weight excluding hydrogens is 512 g/mol. The van der Waals surface area contributed by atoms with Crippen molar-refractivity contribution in [2.75, 3.05) is 57.8 Å². The third-order valence-electron chi connectivity index (χ3n) is 8.44. The number of nitrogens with zero attached hydrogens (tertiary/aromatic N) is 6. The van der Waals surface area contributed by atoms with Gasteiger partial charge < -0.3 is 23.8 Å². The Morgan fingerprint density at radius 2 is 1.78 bits per heavy atom. The smallest absolute Gasteiger partial charge is 0.255 e. The number of carbonyl (C=O) groups excluding carboxylic acids is 1. The predicted octanol–water partition coefficient (Wildman–Crippen LogP) is 5.79. The van der Waals surface area contributed by atoms with E-state index in [0.29, 0.717) is 18.4 Å². The lowest BCUT2D eigenvalue weighted by molar-refractivity contribution is 0.0740. The molecule has 1 amide bonds. The summed E-state index contributed by atoms with van der Waals surface area (Å²) in [6.07, 6.45) is 10.5. The number of aryl methyl sites for hydroxylation is 1. The SMILES string of the molecule is CC(C)CCN(CCC(C)C)C(=O)c1ccc2nc(-c3cnc4c(c3)OCCN4C)c(CCCN3CCCC3)n2c1. The van der Waals surface area contributed by atoms with Crippen LogP contribution in [0.3, 0.4) is 0 Å². The number of rotatable bonds is 12. The van der Waals surface area contributed by atoms with Crippen molar-refractivity contribution in [2.24, 2.45) is 11.8 Å². The summed E-state index contributed by atoms with van der Waals surface area (Å²) >= 11 is 0. The number of likely N-dealkylation sites (tertiary alicyclic amines) is 1. The van der Waals surface area contributed by atoms with Crippen LogP contribution in [0.2, 0.25) is 0 Å². The van der Waals surface area contributed by atoms with Crippen LogP contribution in [-0.2, 0) is 6.42 Å². The monoisotopic (exact) mass is 560 g/mol. The molecule has 0 unspecified atom stereocenters. The van der Waals surface area contributed by atoms with E-state index in [1.807, 2.05) is 36.5 Å². The Hall–Kier alpha value is -3.13. The molecule has 0 bridgehead atoms. The fraction of sp³-hybridized carbons (Fsp3) is 0.606. The number of hydrogen-bond donors (Lipinski definition) is 0. The van der Waals surface area contributed by atoms with Crippen molar-refractivity contribution in [1.82, 2.24) is 24.2 Å². The number of pyridine rings is 2. The topological polar surface area (TPSA) is 66.2 Å². The van der Waals surface area contributed by atoms with Gasteiger partial charge in [-0.25, -0.2) is 9.97 Å². The molecule has 3 aromatic rings. The number of likely N-dealkylation sites (N-methyl/N-ethyl adjacent to an activating group) is 1. The van der Waals surface area contributed by atoms with E-state index in [-0.39, 0.29) is 5.91 Å². The maximum absolute atomic E-state index is 13.8. The second-order valence-corrected chi connectivity index (χ2v) is 12.7. The van der Waals surface area contributed by atoms with Gasteiger partial charge in [-0.3, -0.25) is 4.79 Å². The number of anilines is 1. The molecule has 222 valence electrons. The lowest BCUT2D eigenvalue weighted by Crippen LogP contribution is -2.34. The molecular formula is C33H48N6O2. The van der Waals surface area contributed by atoms with Gasteiger partial charge in [0.25, 0.3) is 5.91 Å². The van der Waals surface area contributed by atoms with Gasteiger partial charge in [-0.2, -0.15) is 0 Å². The average Bonchev–Trinajstić information content (AvgIpc) is 3.60. The van der Waals surface area contributed by atoms with Crippen molar-refractivity contribution < 1.29 is 9.53 Å². The second-order valence-electron chi connectivity index (χ2n) is 12.7. The Labute approximate surface area is 245 Å². The van der Waals surface area contributed by atoms with Crippen molar-refractivity contribution in [3.05, 3.63) is 41.9 Å². The standard InChI is InChI=1S/C33H48N6O2/c1-24(2)12-17-38(18-13-25(3)4)33(40)26-10-11-30-35-31(27-21-29-32(34-22-27)36(5)19-20-41-29)28(39(30)23-26)9-8-16-37-14-6-7-15-37/h10-11,21-25H,6-9,12-20H2,1-5H3. The van der Waals surface area contributed by atoms with E-state index in [2.05, 4.69) is 48.0 Å². The number of amides is 1. The van der Waals surface area contributed by atoms with Gasteiger partial charge in [0.05, 0.1) is 23.5 Å². The van der Waals surface area contributed by atoms with Gasteiger partial charge in [-0.1, -0.05) is 27.7 Å². The van der Waals surface area contributed by atoms with Gasteiger partial charge in [0, 0.05) is 38.1 Å². The Balaban J connectivity index is 1.48. The average molecular weight is 561 g/mol. The number of aromatic nitrogens is 3. The summed E-state index contributed by atoms with van der Waals surface area (Å²) in [4.78, 5) is 30.4. The highest BCUT2D eigenvalue weighted by molar-refractivity contribution is 5.94. The van der Waals surface area contributed by atoms with E-state index in [0.717, 1.165) is 91.6 Å². The van der Waals surface area contributed by atoms with Crippen LogP contribution < -0.4 is 9.64 Å². The van der Waals surface area contributed by atoms with E-state index in [4.69, 9.17) is 14.7 Å². The highest BCUT2D eigenvalue weighted by atomic mass is 16.5. The molecule has 0 aliphatic carbocycles. The molecule has 5 rings (SSSR count). The highest BCUT2D eigenvalue weighted by Crippen LogP contribution is 2.34. The van der Waals surface area contributed by atoms with Crippen molar-refractivity contribution >= 4 is 17.4 Å². The molecule has 41 heavy (non-hydrogen) atoms. The molecule has 0 atom stereocenters. The third-order valence-corrected chi connectivity index (χ3v) is 8.44. The molecule has 0 spiro atoms. The molecule has 2 aliphatic rings. The Kier molecular flexibility index (Phi) is 9.48. The zero-order valence-electron chi connectivity index (χ0n) is 25.7. The van der Waals surface area contributed by atoms with Gasteiger partial charge >= 0.3 is 0 Å². The number of imidazole rings is 1. The van der Waals surface area contributed by atoms with E-state index < -0.39 is 0 Å². The molecule has 0 saturated carbocycles. The Morgan fingerprint density at radius 3 is 2.49 bits per heavy atom. The first-order valence-electron chi connectivity index (χ1n) is 15.7. The number of hydrogen-bond acceptors (Lipinski definition) is 6. The molecule has 3 aromatic heterocycles. The molecule has 1 fully saturated rings. The minimum atomic E-state index is 0.110. The van der Waals surface area contributed by atoms with Crippen molar-refractivity contribution in [1.29, 1.82) is 0 Å². The van der Waals surface area contributed by atoms with Gasteiger partial charge in [0.1, 0.15) is 12.3 Å². The minimum absolute atomic E-state index is 0.110. The van der Waals surface area contributed by atoms with Crippen LogP contribution in [0.4, 0.5) is 5.82 Å². The summed E-state index contributed by atoms with van der Waals surface area (Å²) in [5.74, 6) is 2.89. The lowest BCUT2D eigenvalue weighted by atomic mass is 10.1. The van der Waals surface area contributed by atoms with E-state index in [1.54, 1.807) is 0 Å². The van der Waals surface area contributed by atoms with Crippen LogP contribution in [-0.4, -0.2) is 83.0 Å². The number of ether oxygens (including phenoxy) is 1. The lowest BCUT2D eigenvalue weighted by Gasteiger charge is -2.26. The van der Waals surface area contributed by atoms with Crippen LogP contribution in [0.25, 0.3) is 16.9 Å². The largest absolute Gasteiger partial charge is 0.488 e.